The molecule has 0 fully saturated rings. The molecule has 0 radical (unpaired) electrons. The second-order valence-electron chi connectivity index (χ2n) is 7.15. The van der Waals surface area contributed by atoms with E-state index in [0.29, 0.717) is 18.1 Å². The molecule has 0 saturated carbocycles. The zero-order valence-corrected chi connectivity index (χ0v) is 17.7. The van der Waals surface area contributed by atoms with Gasteiger partial charge in [0.15, 0.2) is 0 Å². The summed E-state index contributed by atoms with van der Waals surface area (Å²) < 4.78 is 97.2. The molecular weight excluding hydrogens is 442 g/mol. The van der Waals surface area contributed by atoms with Crippen molar-refractivity contribution >= 4 is 0 Å². The van der Waals surface area contributed by atoms with Crippen molar-refractivity contribution in [1.82, 2.24) is 0 Å². The maximum Gasteiger partial charge on any atom is 0.430 e. The Labute approximate surface area is 181 Å². The van der Waals surface area contributed by atoms with Crippen LogP contribution in [0.15, 0.2) is 42.5 Å². The van der Waals surface area contributed by atoms with E-state index in [9.17, 15) is 31.4 Å². The van der Waals surface area contributed by atoms with E-state index < -0.39 is 36.4 Å². The molecule has 32 heavy (non-hydrogen) atoms. The van der Waals surface area contributed by atoms with Gasteiger partial charge in [0.05, 0.1) is 6.10 Å². The lowest BCUT2D eigenvalue weighted by Gasteiger charge is -2.37. The summed E-state index contributed by atoms with van der Waals surface area (Å²) in [7, 11) is 0.929. The SMILES string of the molecule is CCCc1cc(C(OCOC)(C(F)(F)F)C(F)(F)F)ccc1Oc1cccc(C(C)O)c1. The van der Waals surface area contributed by atoms with E-state index >= 15 is 0 Å². The average molecular weight is 466 g/mol. The Bertz CT molecular complexity index is 879. The third-order valence-electron chi connectivity index (χ3n) is 4.75. The number of hydrogen-bond acceptors (Lipinski definition) is 4. The Balaban J connectivity index is 2.59. The number of aryl methyl sites for hydroxylation is 1. The first kappa shape index (κ1) is 26.0. The third-order valence-corrected chi connectivity index (χ3v) is 4.75. The molecular formula is C22H24F6O4. The molecule has 2 rings (SSSR count). The minimum Gasteiger partial charge on any atom is -0.457 e. The smallest absolute Gasteiger partial charge is 0.430 e. The van der Waals surface area contributed by atoms with Crippen LogP contribution in [0.2, 0.25) is 0 Å². The summed E-state index contributed by atoms with van der Waals surface area (Å²) in [6.45, 7) is 2.06. The first-order valence-electron chi connectivity index (χ1n) is 9.73. The molecule has 1 N–H and O–H groups in total. The van der Waals surface area contributed by atoms with Gasteiger partial charge in [-0.2, -0.15) is 26.3 Å². The first-order valence-corrected chi connectivity index (χ1v) is 9.73. The van der Waals surface area contributed by atoms with E-state index in [1.165, 1.54) is 6.07 Å². The fourth-order valence-electron chi connectivity index (χ4n) is 3.21. The molecule has 10 heteroatoms. The minimum atomic E-state index is -5.80. The number of ether oxygens (including phenoxy) is 3. The highest BCUT2D eigenvalue weighted by molar-refractivity contribution is 5.44. The third kappa shape index (κ3) is 5.36. The normalized spacial score (nSPS) is 13.8. The predicted molar refractivity (Wildman–Crippen MR) is 104 cm³/mol. The van der Waals surface area contributed by atoms with Gasteiger partial charge in [-0.1, -0.05) is 31.5 Å². The highest BCUT2D eigenvalue weighted by atomic mass is 19.4. The van der Waals surface area contributed by atoms with Crippen LogP contribution in [0.1, 0.15) is 43.1 Å². The van der Waals surface area contributed by atoms with Gasteiger partial charge < -0.3 is 19.3 Å². The summed E-state index contributed by atoms with van der Waals surface area (Å²) >= 11 is 0. The molecule has 0 spiro atoms. The first-order chi connectivity index (χ1) is 14.9. The minimum absolute atomic E-state index is 0.100. The van der Waals surface area contributed by atoms with Crippen LogP contribution < -0.4 is 4.74 Å². The number of halogens is 6. The molecule has 1 unspecified atom stereocenters. The highest BCUT2D eigenvalue weighted by Crippen LogP contribution is 2.53. The number of aliphatic hydroxyl groups excluding tert-OH is 1. The van der Waals surface area contributed by atoms with E-state index in [4.69, 9.17) is 4.74 Å². The number of benzene rings is 2. The maximum absolute atomic E-state index is 13.8. The van der Waals surface area contributed by atoms with Gasteiger partial charge in [0.1, 0.15) is 18.3 Å². The van der Waals surface area contributed by atoms with Gasteiger partial charge in [-0.05, 0) is 48.7 Å². The van der Waals surface area contributed by atoms with Crippen LogP contribution in [-0.4, -0.2) is 31.4 Å². The van der Waals surface area contributed by atoms with Gasteiger partial charge in [-0.25, -0.2) is 0 Å². The maximum atomic E-state index is 13.8. The second-order valence-corrected chi connectivity index (χ2v) is 7.15. The molecule has 0 aliphatic rings. The monoisotopic (exact) mass is 466 g/mol. The molecule has 0 aliphatic carbocycles. The van der Waals surface area contributed by atoms with Crippen LogP contribution in [-0.2, 0) is 21.5 Å². The number of alkyl halides is 6. The Morgan fingerprint density at radius 1 is 0.969 bits per heavy atom. The van der Waals surface area contributed by atoms with E-state index in [2.05, 4.69) is 9.47 Å². The zero-order chi connectivity index (χ0) is 24.2. The Kier molecular flexibility index (Phi) is 8.19. The average Bonchev–Trinajstić information content (AvgIpc) is 2.68. The second kappa shape index (κ2) is 10.1. The van der Waals surface area contributed by atoms with Crippen LogP contribution in [0.25, 0.3) is 0 Å². The van der Waals surface area contributed by atoms with Crippen molar-refractivity contribution in [2.24, 2.45) is 0 Å². The Hall–Kier alpha value is -2.30. The molecule has 0 aliphatic heterocycles. The number of hydrogen-bond donors (Lipinski definition) is 1. The van der Waals surface area contributed by atoms with E-state index in [-0.39, 0.29) is 23.5 Å². The molecule has 0 amide bonds. The lowest BCUT2D eigenvalue weighted by Crippen LogP contribution is -2.56. The Morgan fingerprint density at radius 3 is 2.16 bits per heavy atom. The topological polar surface area (TPSA) is 47.9 Å². The molecule has 0 aromatic heterocycles. The Morgan fingerprint density at radius 2 is 1.62 bits per heavy atom. The molecule has 2 aromatic rings. The van der Waals surface area contributed by atoms with Crippen molar-refractivity contribution in [2.75, 3.05) is 13.9 Å². The molecule has 1 atom stereocenters. The molecule has 4 nitrogen and oxygen atoms in total. The molecule has 0 saturated heterocycles. The molecule has 178 valence electrons. The van der Waals surface area contributed by atoms with E-state index in [1.54, 1.807) is 32.0 Å². The van der Waals surface area contributed by atoms with E-state index in [0.717, 1.165) is 19.2 Å². The van der Waals surface area contributed by atoms with Crippen LogP contribution >= 0.6 is 0 Å². The standard InChI is InChI=1S/C22H24F6O4/c1-4-6-16-11-17(20(21(23,24)25,22(26,27)28)31-13-30-3)9-10-19(16)32-18-8-5-7-15(12-18)14(2)29/h5,7-12,14,29H,4,6,13H2,1-3H3. The van der Waals surface area contributed by atoms with Crippen LogP contribution in [0.5, 0.6) is 11.5 Å². The van der Waals surface area contributed by atoms with E-state index in [1.807, 2.05) is 0 Å². The summed E-state index contributed by atoms with van der Waals surface area (Å²) in [5.41, 5.74) is -5.00. The highest BCUT2D eigenvalue weighted by Gasteiger charge is 2.73. The largest absolute Gasteiger partial charge is 0.457 e. The van der Waals surface area contributed by atoms with Gasteiger partial charge in [0, 0.05) is 12.7 Å². The van der Waals surface area contributed by atoms with Crippen LogP contribution in [0.4, 0.5) is 26.3 Å². The van der Waals surface area contributed by atoms with Crippen LogP contribution in [0.3, 0.4) is 0 Å². The van der Waals surface area contributed by atoms with Crippen LogP contribution in [0, 0.1) is 0 Å². The fraction of sp³-hybridized carbons (Fsp3) is 0.455. The lowest BCUT2D eigenvalue weighted by molar-refractivity contribution is -0.400. The lowest BCUT2D eigenvalue weighted by atomic mass is 9.89. The number of aliphatic hydroxyl groups is 1. The molecule has 2 aromatic carbocycles. The summed E-state index contributed by atoms with van der Waals surface area (Å²) in [6.07, 6.45) is -11.8. The van der Waals surface area contributed by atoms with Gasteiger partial charge in [0.25, 0.3) is 5.60 Å². The van der Waals surface area contributed by atoms with Crippen molar-refractivity contribution in [3.63, 3.8) is 0 Å². The van der Waals surface area contributed by atoms with Crippen molar-refractivity contribution in [3.05, 3.63) is 59.2 Å². The molecule has 0 bridgehead atoms. The van der Waals surface area contributed by atoms with Gasteiger partial charge in [0.2, 0.25) is 0 Å². The summed E-state index contributed by atoms with van der Waals surface area (Å²) in [5, 5.41) is 9.71. The van der Waals surface area contributed by atoms with Crippen molar-refractivity contribution in [3.8, 4) is 11.5 Å². The number of rotatable bonds is 9. The molecule has 0 heterocycles. The zero-order valence-electron chi connectivity index (χ0n) is 17.7. The quantitative estimate of drug-likeness (QED) is 0.342. The summed E-state index contributed by atoms with van der Waals surface area (Å²) in [6, 6.07) is 8.90. The fourth-order valence-corrected chi connectivity index (χ4v) is 3.21. The number of methoxy groups -OCH3 is 1. The van der Waals surface area contributed by atoms with Crippen molar-refractivity contribution < 1.29 is 45.7 Å². The summed E-state index contributed by atoms with van der Waals surface area (Å²) in [5.74, 6) is 0.380. The van der Waals surface area contributed by atoms with Crippen molar-refractivity contribution in [2.45, 2.75) is 50.7 Å². The van der Waals surface area contributed by atoms with Gasteiger partial charge in [-0.15, -0.1) is 0 Å². The predicted octanol–water partition coefficient (Wildman–Crippen LogP) is 6.43. The van der Waals surface area contributed by atoms with Gasteiger partial charge >= 0.3 is 12.4 Å². The van der Waals surface area contributed by atoms with Gasteiger partial charge in [-0.3, -0.25) is 0 Å². The summed E-state index contributed by atoms with van der Waals surface area (Å²) in [4.78, 5) is 0. The van der Waals surface area contributed by atoms with Crippen molar-refractivity contribution in [1.29, 1.82) is 0 Å².